The van der Waals surface area contributed by atoms with E-state index in [9.17, 15) is 28.8 Å². The summed E-state index contributed by atoms with van der Waals surface area (Å²) in [6.45, 7) is 16.9. The molecule has 2 aliphatic carbocycles. The van der Waals surface area contributed by atoms with Crippen LogP contribution in [0.3, 0.4) is 0 Å². The molecule has 3 aliphatic heterocycles. The lowest BCUT2D eigenvalue weighted by Gasteiger charge is -2.37. The van der Waals surface area contributed by atoms with Crippen LogP contribution < -0.4 is 0 Å². The number of epoxide rings is 2. The second kappa shape index (κ2) is 32.0. The lowest BCUT2D eigenvalue weighted by Crippen LogP contribution is -2.30. The average Bonchev–Trinajstić information content (AvgIpc) is 4.50. The van der Waals surface area contributed by atoms with Crippen LogP contribution in [0.15, 0.2) is 136 Å². The van der Waals surface area contributed by atoms with Crippen LogP contribution in [0.25, 0.3) is 11.4 Å². The van der Waals surface area contributed by atoms with E-state index in [4.69, 9.17) is 47.4 Å². The highest BCUT2D eigenvalue weighted by Gasteiger charge is 2.34. The molecule has 4 heterocycles. The smallest absolute Gasteiger partial charge is 0.338 e. The maximum atomic E-state index is 11.4. The number of hydrogen-bond donors (Lipinski definition) is 0. The molecule has 18 nitrogen and oxygen atoms in total. The Morgan fingerprint density at radius 2 is 0.815 bits per heavy atom. The summed E-state index contributed by atoms with van der Waals surface area (Å²) in [5, 5.41) is 0. The van der Waals surface area contributed by atoms with Gasteiger partial charge in [-0.25, -0.2) is 38.7 Å². The molecule has 18 heteroatoms. The van der Waals surface area contributed by atoms with Crippen LogP contribution in [0.2, 0.25) is 0 Å². The van der Waals surface area contributed by atoms with E-state index in [1.165, 1.54) is 69.1 Å². The number of nitrogens with zero attached hydrogens (tertiary/aromatic N) is 2. The normalized spacial score (nSPS) is 22.4. The van der Waals surface area contributed by atoms with Gasteiger partial charge >= 0.3 is 35.8 Å². The maximum absolute atomic E-state index is 11.4. The summed E-state index contributed by atoms with van der Waals surface area (Å²) in [6, 6.07) is 23.3. The largest absolute Gasteiger partial charge is 0.462 e. The van der Waals surface area contributed by atoms with Crippen molar-refractivity contribution in [3.63, 3.8) is 0 Å². The number of esters is 6. The Morgan fingerprint density at radius 1 is 0.432 bits per heavy atom. The maximum Gasteiger partial charge on any atom is 0.338 e. The summed E-state index contributed by atoms with van der Waals surface area (Å²) in [5.41, 5.74) is 6.52. The second-order valence-corrected chi connectivity index (χ2v) is 20.5. The molecule has 2 atom stereocenters. The number of carbonyl (C=O) groups is 6. The topological polar surface area (TPSA) is 227 Å². The van der Waals surface area contributed by atoms with Crippen molar-refractivity contribution in [2.75, 3.05) is 39.6 Å². The molecule has 3 saturated heterocycles. The van der Waals surface area contributed by atoms with Crippen molar-refractivity contribution in [2.45, 2.75) is 103 Å². The number of carbonyl (C=O) groups excluding carboxylic acids is 6. The first-order valence-electron chi connectivity index (χ1n) is 27.4. The van der Waals surface area contributed by atoms with Gasteiger partial charge in [-0.15, -0.1) is 0 Å². The first-order chi connectivity index (χ1) is 39.4. The molecule has 2 unspecified atom stereocenters. The molecule has 4 aromatic rings. The molecule has 0 amide bonds. The summed E-state index contributed by atoms with van der Waals surface area (Å²) in [6.07, 6.45) is 18.1. The molecule has 2 saturated carbocycles. The minimum atomic E-state index is -0.457. The fourth-order valence-corrected chi connectivity index (χ4v) is 9.53. The van der Waals surface area contributed by atoms with Gasteiger partial charge in [0.05, 0.1) is 39.6 Å². The summed E-state index contributed by atoms with van der Waals surface area (Å²) in [7, 11) is 0. The van der Waals surface area contributed by atoms with Crippen LogP contribution in [-0.2, 0) is 109 Å². The lowest BCUT2D eigenvalue weighted by atomic mass is 9.68. The summed E-state index contributed by atoms with van der Waals surface area (Å²) in [4.78, 5) is 75.9. The Hall–Kier alpha value is -7.64. The molecule has 5 fully saturated rings. The Kier molecular flexibility index (Phi) is 24.1. The minimum Gasteiger partial charge on any atom is -0.462 e. The SMILES string of the molecule is C=CC(=O)OCc1ccc(C2OCC(COC(=O)C=C)CO2)cc1.C=CC(=O)OCc1ccc(CC2CCC(C3CCC(COC(=O)C=C)CC3)CC2)cc1.O=C(OCc1ccc(-c2ncc(COC(=O)C3CO3)cn2)cc1)C1CO1. The van der Waals surface area contributed by atoms with Crippen molar-refractivity contribution in [3.05, 3.63) is 169 Å². The molecule has 81 heavy (non-hydrogen) atoms. The molecule has 1 aromatic heterocycles. The number of aromatic nitrogens is 2. The third kappa shape index (κ3) is 21.1. The van der Waals surface area contributed by atoms with E-state index in [0.717, 1.165) is 64.1 Å². The summed E-state index contributed by atoms with van der Waals surface area (Å²) < 4.78 is 51.5. The minimum absolute atomic E-state index is 0.00254. The first kappa shape index (κ1) is 61.0. The fraction of sp³-hybridized carbons (Fsp3) is 0.429. The van der Waals surface area contributed by atoms with Crippen molar-refractivity contribution in [2.24, 2.45) is 29.6 Å². The van der Waals surface area contributed by atoms with Gasteiger partial charge in [0.25, 0.3) is 0 Å². The highest BCUT2D eigenvalue weighted by molar-refractivity contribution is 5.82. The zero-order valence-electron chi connectivity index (χ0n) is 45.7. The van der Waals surface area contributed by atoms with Gasteiger partial charge in [0.15, 0.2) is 24.3 Å². The van der Waals surface area contributed by atoms with Gasteiger partial charge < -0.3 is 47.4 Å². The predicted octanol–water partition coefficient (Wildman–Crippen LogP) is 9.13. The van der Waals surface area contributed by atoms with Gasteiger partial charge in [-0.05, 0) is 104 Å². The van der Waals surface area contributed by atoms with Crippen molar-refractivity contribution in [1.29, 1.82) is 0 Å². The lowest BCUT2D eigenvalue weighted by molar-refractivity contribution is -0.211. The molecule has 0 spiro atoms. The standard InChI is InChI=1S/C27H36O4.C18H16N2O6.C18H20O6/c1-3-26(28)30-18-22-7-5-20(6-8-22)17-21-9-13-24(14-10-21)25-15-11-23(12-16-25)19-31-27(29)4-2;21-17(14-9-23-14)25-7-11-1-3-13(4-2-11)16-19-5-12(6-20-16)8-26-18(22)15-10-24-15;1-3-16(19)21-9-13-5-7-15(8-6-13)18-23-11-14(12-24-18)10-22-17(20)4-2/h3-8,21,23-25H,1-2,9-19H2;1-6,14-15H,7-10H2;3-8,14,18H,1-2,9-12H2. The zero-order chi connectivity index (χ0) is 57.3. The van der Waals surface area contributed by atoms with Crippen LogP contribution in [0.4, 0.5) is 0 Å². The van der Waals surface area contributed by atoms with E-state index < -0.39 is 30.4 Å². The Labute approximate surface area is 472 Å². The van der Waals surface area contributed by atoms with Gasteiger partial charge in [-0.2, -0.15) is 0 Å². The van der Waals surface area contributed by atoms with E-state index in [0.29, 0.717) is 56.9 Å². The van der Waals surface area contributed by atoms with E-state index in [2.05, 4.69) is 60.5 Å². The van der Waals surface area contributed by atoms with E-state index in [1.54, 1.807) is 12.4 Å². The van der Waals surface area contributed by atoms with Gasteiger partial charge in [0.2, 0.25) is 0 Å². The average molecular weight is 1110 g/mol. The van der Waals surface area contributed by atoms with Gasteiger partial charge in [-0.1, -0.05) is 99.1 Å². The third-order valence-electron chi connectivity index (χ3n) is 14.4. The van der Waals surface area contributed by atoms with E-state index in [1.807, 2.05) is 48.5 Å². The first-order valence-corrected chi connectivity index (χ1v) is 27.4. The van der Waals surface area contributed by atoms with Crippen LogP contribution in [0, 0.1) is 29.6 Å². The molecule has 9 rings (SSSR count). The number of hydrogen-bond acceptors (Lipinski definition) is 18. The van der Waals surface area contributed by atoms with Crippen molar-refractivity contribution < 1.29 is 76.1 Å². The molecular formula is C63H72N2O16. The zero-order valence-corrected chi connectivity index (χ0v) is 45.7. The van der Waals surface area contributed by atoms with Crippen LogP contribution in [-0.4, -0.2) is 97.6 Å². The number of benzene rings is 3. The van der Waals surface area contributed by atoms with E-state index >= 15 is 0 Å². The number of rotatable bonds is 23. The monoisotopic (exact) mass is 1110 g/mol. The van der Waals surface area contributed by atoms with Crippen LogP contribution in [0.5, 0.6) is 0 Å². The quantitative estimate of drug-likeness (QED) is 0.0292. The molecule has 3 aromatic carbocycles. The van der Waals surface area contributed by atoms with Crippen molar-refractivity contribution >= 4 is 35.8 Å². The molecule has 0 N–H and O–H groups in total. The molecule has 430 valence electrons. The summed E-state index contributed by atoms with van der Waals surface area (Å²) >= 11 is 0. The molecule has 0 bridgehead atoms. The van der Waals surface area contributed by atoms with E-state index in [-0.39, 0.29) is 56.2 Å². The van der Waals surface area contributed by atoms with Crippen LogP contribution in [0.1, 0.15) is 91.0 Å². The predicted molar refractivity (Wildman–Crippen MR) is 294 cm³/mol. The highest BCUT2D eigenvalue weighted by atomic mass is 16.7. The fourth-order valence-electron chi connectivity index (χ4n) is 9.53. The Bertz CT molecular complexity index is 2640. The van der Waals surface area contributed by atoms with Crippen molar-refractivity contribution in [3.8, 4) is 11.4 Å². The Balaban J connectivity index is 0.000000177. The number of ether oxygens (including phenoxy) is 10. The van der Waals surface area contributed by atoms with Gasteiger partial charge in [-0.3, -0.25) is 0 Å². The highest BCUT2D eigenvalue weighted by Crippen LogP contribution is 2.42. The molecular weight excluding hydrogens is 1040 g/mol. The van der Waals surface area contributed by atoms with Gasteiger partial charge in [0.1, 0.15) is 26.4 Å². The van der Waals surface area contributed by atoms with Crippen LogP contribution >= 0.6 is 0 Å². The molecule has 5 aliphatic rings. The van der Waals surface area contributed by atoms with Crippen molar-refractivity contribution in [1.82, 2.24) is 9.97 Å². The second-order valence-electron chi connectivity index (χ2n) is 20.5. The van der Waals surface area contributed by atoms with Gasteiger partial charge in [0, 0.05) is 59.3 Å². The third-order valence-corrected chi connectivity index (χ3v) is 14.4. The molecule has 0 radical (unpaired) electrons. The summed E-state index contributed by atoms with van der Waals surface area (Å²) in [5.74, 6) is 1.29. The Morgan fingerprint density at radius 3 is 1.27 bits per heavy atom.